The lowest BCUT2D eigenvalue weighted by molar-refractivity contribution is 0.0535. The predicted octanol–water partition coefficient (Wildman–Crippen LogP) is 2.75. The number of methoxy groups -OCH3 is 2. The molecule has 2 aromatic carbocycles. The average molecular weight is 386 g/mol. The SMILES string of the molecule is COc1cc(C(=O)N2CCN(C(=O)c3cccc(F)c3)CC2)cc(OC)c1C. The maximum absolute atomic E-state index is 13.4. The molecule has 1 aliphatic heterocycles. The van der Waals surface area contributed by atoms with Crippen LogP contribution in [0.15, 0.2) is 36.4 Å². The first-order valence-corrected chi connectivity index (χ1v) is 9.01. The van der Waals surface area contributed by atoms with Crippen LogP contribution in [-0.4, -0.2) is 62.0 Å². The zero-order chi connectivity index (χ0) is 20.3. The molecule has 1 heterocycles. The Balaban J connectivity index is 1.69. The summed E-state index contributed by atoms with van der Waals surface area (Å²) >= 11 is 0. The summed E-state index contributed by atoms with van der Waals surface area (Å²) in [4.78, 5) is 28.8. The molecule has 0 aliphatic carbocycles. The molecular formula is C21H23FN2O4. The Morgan fingerprint density at radius 1 is 0.857 bits per heavy atom. The van der Waals surface area contributed by atoms with E-state index >= 15 is 0 Å². The summed E-state index contributed by atoms with van der Waals surface area (Å²) < 4.78 is 24.0. The zero-order valence-corrected chi connectivity index (χ0v) is 16.2. The number of hydrogen-bond acceptors (Lipinski definition) is 4. The third-order valence-corrected chi connectivity index (χ3v) is 4.92. The van der Waals surface area contributed by atoms with E-state index < -0.39 is 5.82 Å². The van der Waals surface area contributed by atoms with E-state index in [0.29, 0.717) is 48.8 Å². The summed E-state index contributed by atoms with van der Waals surface area (Å²) in [5.41, 5.74) is 1.61. The summed E-state index contributed by atoms with van der Waals surface area (Å²) in [5.74, 6) is 0.354. The van der Waals surface area contributed by atoms with Crippen LogP contribution in [0.5, 0.6) is 11.5 Å². The number of nitrogens with zero attached hydrogens (tertiary/aromatic N) is 2. The fraction of sp³-hybridized carbons (Fsp3) is 0.333. The van der Waals surface area contributed by atoms with Crippen molar-refractivity contribution in [2.24, 2.45) is 0 Å². The first kappa shape index (κ1) is 19.7. The highest BCUT2D eigenvalue weighted by atomic mass is 19.1. The predicted molar refractivity (Wildman–Crippen MR) is 102 cm³/mol. The number of ether oxygens (including phenoxy) is 2. The number of carbonyl (C=O) groups excluding carboxylic acids is 2. The van der Waals surface area contributed by atoms with Crippen molar-refractivity contribution in [1.29, 1.82) is 0 Å². The molecule has 0 unspecified atom stereocenters. The molecule has 1 aliphatic rings. The molecule has 1 saturated heterocycles. The van der Waals surface area contributed by atoms with Gasteiger partial charge in [0.2, 0.25) is 0 Å². The molecule has 2 aromatic rings. The van der Waals surface area contributed by atoms with E-state index in [4.69, 9.17) is 9.47 Å². The van der Waals surface area contributed by atoms with Crippen molar-refractivity contribution in [3.05, 3.63) is 58.9 Å². The van der Waals surface area contributed by atoms with Crippen LogP contribution < -0.4 is 9.47 Å². The molecule has 0 spiro atoms. The third-order valence-electron chi connectivity index (χ3n) is 4.92. The number of rotatable bonds is 4. The monoisotopic (exact) mass is 386 g/mol. The van der Waals surface area contributed by atoms with E-state index in [0.717, 1.165) is 5.56 Å². The second-order valence-corrected chi connectivity index (χ2v) is 6.60. The highest BCUT2D eigenvalue weighted by Crippen LogP contribution is 2.30. The lowest BCUT2D eigenvalue weighted by Gasteiger charge is -2.35. The fourth-order valence-corrected chi connectivity index (χ4v) is 3.31. The largest absolute Gasteiger partial charge is 0.496 e. The Hall–Kier alpha value is -3.09. The van der Waals surface area contributed by atoms with E-state index in [-0.39, 0.29) is 11.8 Å². The Labute approximate surface area is 163 Å². The molecule has 0 atom stereocenters. The minimum absolute atomic E-state index is 0.144. The van der Waals surface area contributed by atoms with Crippen molar-refractivity contribution < 1.29 is 23.5 Å². The number of piperazine rings is 1. The van der Waals surface area contributed by atoms with Gasteiger partial charge >= 0.3 is 0 Å². The van der Waals surface area contributed by atoms with Gasteiger partial charge in [0, 0.05) is 42.9 Å². The van der Waals surface area contributed by atoms with Crippen molar-refractivity contribution in [3.63, 3.8) is 0 Å². The van der Waals surface area contributed by atoms with E-state index in [9.17, 15) is 14.0 Å². The van der Waals surface area contributed by atoms with Crippen molar-refractivity contribution >= 4 is 11.8 Å². The first-order chi connectivity index (χ1) is 13.4. The van der Waals surface area contributed by atoms with Gasteiger partial charge in [-0.25, -0.2) is 4.39 Å². The van der Waals surface area contributed by atoms with Crippen LogP contribution in [0.3, 0.4) is 0 Å². The molecule has 6 nitrogen and oxygen atoms in total. The summed E-state index contributed by atoms with van der Waals surface area (Å²) in [7, 11) is 3.10. The van der Waals surface area contributed by atoms with Gasteiger partial charge in [-0.1, -0.05) is 6.07 Å². The molecule has 7 heteroatoms. The number of benzene rings is 2. The molecule has 0 aromatic heterocycles. The van der Waals surface area contributed by atoms with Gasteiger partial charge in [-0.15, -0.1) is 0 Å². The number of hydrogen-bond donors (Lipinski definition) is 0. The average Bonchev–Trinajstić information content (AvgIpc) is 2.73. The lowest BCUT2D eigenvalue weighted by atomic mass is 10.1. The Morgan fingerprint density at radius 3 is 1.82 bits per heavy atom. The lowest BCUT2D eigenvalue weighted by Crippen LogP contribution is -2.50. The highest BCUT2D eigenvalue weighted by Gasteiger charge is 2.26. The summed E-state index contributed by atoms with van der Waals surface area (Å²) in [6.07, 6.45) is 0. The van der Waals surface area contributed by atoms with Gasteiger partial charge in [-0.2, -0.15) is 0 Å². The van der Waals surface area contributed by atoms with Gasteiger partial charge in [-0.3, -0.25) is 9.59 Å². The fourth-order valence-electron chi connectivity index (χ4n) is 3.31. The Kier molecular flexibility index (Phi) is 5.82. The molecule has 148 valence electrons. The van der Waals surface area contributed by atoms with Gasteiger partial charge in [0.05, 0.1) is 14.2 Å². The van der Waals surface area contributed by atoms with Crippen LogP contribution in [-0.2, 0) is 0 Å². The van der Waals surface area contributed by atoms with E-state index in [1.165, 1.54) is 18.2 Å². The molecular weight excluding hydrogens is 363 g/mol. The van der Waals surface area contributed by atoms with Crippen LogP contribution in [0.1, 0.15) is 26.3 Å². The van der Waals surface area contributed by atoms with Gasteiger partial charge < -0.3 is 19.3 Å². The molecule has 0 N–H and O–H groups in total. The van der Waals surface area contributed by atoms with Gasteiger partial charge in [0.15, 0.2) is 0 Å². The van der Waals surface area contributed by atoms with Crippen molar-refractivity contribution in [2.75, 3.05) is 40.4 Å². The van der Waals surface area contributed by atoms with Crippen LogP contribution in [0.2, 0.25) is 0 Å². The minimum atomic E-state index is -0.443. The third kappa shape index (κ3) is 3.93. The van der Waals surface area contributed by atoms with Crippen molar-refractivity contribution in [3.8, 4) is 11.5 Å². The summed E-state index contributed by atoms with van der Waals surface area (Å²) in [6.45, 7) is 3.45. The van der Waals surface area contributed by atoms with Crippen molar-refractivity contribution in [2.45, 2.75) is 6.92 Å². The quantitative estimate of drug-likeness (QED) is 0.811. The molecule has 3 rings (SSSR count). The smallest absolute Gasteiger partial charge is 0.254 e. The normalized spacial score (nSPS) is 14.0. The molecule has 28 heavy (non-hydrogen) atoms. The molecule has 0 bridgehead atoms. The maximum atomic E-state index is 13.4. The van der Waals surface area contributed by atoms with Crippen LogP contribution in [0.25, 0.3) is 0 Å². The van der Waals surface area contributed by atoms with Crippen LogP contribution in [0.4, 0.5) is 4.39 Å². The molecule has 0 radical (unpaired) electrons. The number of amides is 2. The van der Waals surface area contributed by atoms with Crippen LogP contribution in [0, 0.1) is 12.7 Å². The van der Waals surface area contributed by atoms with Gasteiger partial charge in [0.25, 0.3) is 11.8 Å². The molecule has 2 amide bonds. The highest BCUT2D eigenvalue weighted by molar-refractivity contribution is 5.96. The summed E-state index contributed by atoms with van der Waals surface area (Å²) in [6, 6.07) is 9.03. The zero-order valence-electron chi connectivity index (χ0n) is 16.2. The maximum Gasteiger partial charge on any atom is 0.254 e. The standard InChI is InChI=1S/C21H23FN2O4/c1-14-18(27-2)12-16(13-19(14)28-3)21(26)24-9-7-23(8-10-24)20(25)15-5-4-6-17(22)11-15/h4-6,11-13H,7-10H2,1-3H3. The molecule has 1 fully saturated rings. The van der Waals surface area contributed by atoms with E-state index in [1.54, 1.807) is 42.2 Å². The minimum Gasteiger partial charge on any atom is -0.496 e. The summed E-state index contributed by atoms with van der Waals surface area (Å²) in [5, 5.41) is 0. The topological polar surface area (TPSA) is 59.1 Å². The van der Waals surface area contributed by atoms with Crippen LogP contribution >= 0.6 is 0 Å². The molecule has 0 saturated carbocycles. The van der Waals surface area contributed by atoms with Gasteiger partial charge in [-0.05, 0) is 37.3 Å². The Bertz CT molecular complexity index is 867. The van der Waals surface area contributed by atoms with E-state index in [2.05, 4.69) is 0 Å². The van der Waals surface area contributed by atoms with Crippen molar-refractivity contribution in [1.82, 2.24) is 9.80 Å². The first-order valence-electron chi connectivity index (χ1n) is 9.01. The van der Waals surface area contributed by atoms with E-state index in [1.807, 2.05) is 6.92 Å². The second-order valence-electron chi connectivity index (χ2n) is 6.60. The van der Waals surface area contributed by atoms with Gasteiger partial charge in [0.1, 0.15) is 17.3 Å². The number of halogens is 1. The second kappa shape index (κ2) is 8.29. The Morgan fingerprint density at radius 2 is 1.36 bits per heavy atom. The number of carbonyl (C=O) groups is 2.